The summed E-state index contributed by atoms with van der Waals surface area (Å²) in [5, 5.41) is 13.9. The van der Waals surface area contributed by atoms with Crippen LogP contribution in [0.25, 0.3) is 0 Å². The number of nitrogens with two attached hydrogens (primary N) is 1. The predicted octanol–water partition coefficient (Wildman–Crippen LogP) is 1.35. The number of rotatable bonds is 6. The summed E-state index contributed by atoms with van der Waals surface area (Å²) in [6.45, 7) is 1.93. The van der Waals surface area contributed by atoms with Crippen molar-refractivity contribution in [3.05, 3.63) is 64.2 Å². The first-order valence-corrected chi connectivity index (χ1v) is 10.8. The third-order valence-corrected chi connectivity index (χ3v) is 6.29. The number of amides is 5. The molecule has 2 heterocycles. The maximum Gasteiger partial charge on any atom is 0.318 e. The van der Waals surface area contributed by atoms with E-state index in [1.54, 1.807) is 31.2 Å². The summed E-state index contributed by atoms with van der Waals surface area (Å²) in [5.74, 6) is -4.23. The Bertz CT molecular complexity index is 1210. The fraction of sp³-hybridized carbons (Fsp3) is 0.304. The van der Waals surface area contributed by atoms with Gasteiger partial charge in [-0.05, 0) is 30.7 Å². The number of methoxy groups -OCH3 is 1. The predicted molar refractivity (Wildman–Crippen MR) is 122 cm³/mol. The number of fused-ring (bicyclic) bond motifs is 1. The number of urea groups is 1. The highest BCUT2D eigenvalue weighted by Crippen LogP contribution is 2.51. The third-order valence-electron chi connectivity index (χ3n) is 6.29. The number of hydrogen-bond acceptors (Lipinski definition) is 7. The van der Waals surface area contributed by atoms with E-state index in [1.165, 1.54) is 25.3 Å². The average Bonchev–Trinajstić information content (AvgIpc) is 3.32. The Labute approximate surface area is 199 Å². The number of benzene rings is 2. The Kier molecular flexibility index (Phi) is 6.12. The molecule has 3 N–H and O–H groups in total. The molecule has 12 heteroatoms. The largest absolute Gasteiger partial charge is 0.497 e. The SMILES string of the molecule is CCNC(=O)N1C(C(N)=O)C2C(=O)N(c3cccc([N+](=O)[O-])c3)C(=O)C2C1c1ccc(OC)cc1. The Morgan fingerprint density at radius 2 is 1.77 bits per heavy atom. The lowest BCUT2D eigenvalue weighted by atomic mass is 9.86. The van der Waals surface area contributed by atoms with Crippen LogP contribution in [-0.2, 0) is 14.4 Å². The Morgan fingerprint density at radius 1 is 1.11 bits per heavy atom. The normalized spacial score (nSPS) is 23.3. The minimum atomic E-state index is -1.40. The molecule has 35 heavy (non-hydrogen) atoms. The standard InChI is InChI=1S/C23H23N5O7/c1-3-25-23(32)27-18(12-7-9-15(35-2)10-8-12)16-17(19(27)20(24)29)22(31)26(21(16)30)13-5-4-6-14(11-13)28(33)34/h4-11,16-19H,3H2,1-2H3,(H2,24,29)(H,25,32). The number of carbonyl (C=O) groups is 4. The number of anilines is 1. The smallest absolute Gasteiger partial charge is 0.318 e. The Hall–Kier alpha value is -4.48. The number of primary amides is 1. The van der Waals surface area contributed by atoms with Crippen molar-refractivity contribution in [1.82, 2.24) is 10.2 Å². The third kappa shape index (κ3) is 3.82. The zero-order valence-electron chi connectivity index (χ0n) is 18.9. The molecule has 0 aromatic heterocycles. The van der Waals surface area contributed by atoms with Gasteiger partial charge in [0.05, 0.1) is 35.6 Å². The van der Waals surface area contributed by atoms with E-state index in [4.69, 9.17) is 10.5 Å². The molecule has 4 atom stereocenters. The van der Waals surface area contributed by atoms with E-state index in [2.05, 4.69) is 5.32 Å². The van der Waals surface area contributed by atoms with Gasteiger partial charge in [-0.25, -0.2) is 9.69 Å². The second-order valence-corrected chi connectivity index (χ2v) is 8.15. The van der Waals surface area contributed by atoms with Crippen LogP contribution in [0.3, 0.4) is 0 Å². The van der Waals surface area contributed by atoms with Crippen molar-refractivity contribution in [2.45, 2.75) is 19.0 Å². The highest BCUT2D eigenvalue weighted by molar-refractivity contribution is 6.24. The van der Waals surface area contributed by atoms with Crippen molar-refractivity contribution in [2.75, 3.05) is 18.6 Å². The number of non-ortho nitro benzene ring substituents is 1. The first-order valence-electron chi connectivity index (χ1n) is 10.8. The zero-order valence-corrected chi connectivity index (χ0v) is 18.9. The van der Waals surface area contributed by atoms with Crippen LogP contribution in [0, 0.1) is 22.0 Å². The summed E-state index contributed by atoms with van der Waals surface area (Å²) in [6.07, 6.45) is 0. The fourth-order valence-electron chi connectivity index (χ4n) is 4.87. The summed E-state index contributed by atoms with van der Waals surface area (Å²) in [4.78, 5) is 65.5. The number of nitro benzene ring substituents is 1. The number of carbonyl (C=O) groups excluding carboxylic acids is 4. The summed E-state index contributed by atoms with van der Waals surface area (Å²) >= 11 is 0. The van der Waals surface area contributed by atoms with E-state index in [1.807, 2.05) is 0 Å². The molecule has 12 nitrogen and oxygen atoms in total. The lowest BCUT2D eigenvalue weighted by Crippen LogP contribution is -2.53. The second-order valence-electron chi connectivity index (χ2n) is 8.15. The summed E-state index contributed by atoms with van der Waals surface area (Å²) < 4.78 is 5.18. The molecule has 2 fully saturated rings. The number of nitrogens with one attached hydrogen (secondary N) is 1. The summed E-state index contributed by atoms with van der Waals surface area (Å²) in [7, 11) is 1.49. The number of nitro groups is 1. The first-order chi connectivity index (χ1) is 16.7. The lowest BCUT2D eigenvalue weighted by Gasteiger charge is -2.32. The van der Waals surface area contributed by atoms with Gasteiger partial charge in [-0.2, -0.15) is 0 Å². The van der Waals surface area contributed by atoms with Gasteiger partial charge in [0.1, 0.15) is 11.8 Å². The van der Waals surface area contributed by atoms with Gasteiger partial charge >= 0.3 is 6.03 Å². The quantitative estimate of drug-likeness (QED) is 0.357. The molecule has 0 spiro atoms. The molecule has 2 aliphatic rings. The second kappa shape index (κ2) is 9.05. The van der Waals surface area contributed by atoms with Crippen LogP contribution in [0.2, 0.25) is 0 Å². The molecule has 0 bridgehead atoms. The molecular weight excluding hydrogens is 458 g/mol. The number of likely N-dealkylation sites (tertiary alicyclic amines) is 1. The van der Waals surface area contributed by atoms with Gasteiger partial charge in [0, 0.05) is 18.7 Å². The molecule has 2 aliphatic heterocycles. The topological polar surface area (TPSA) is 165 Å². The molecule has 2 aromatic rings. The minimum absolute atomic E-state index is 0.00450. The molecule has 0 aliphatic carbocycles. The van der Waals surface area contributed by atoms with Crippen molar-refractivity contribution in [3.63, 3.8) is 0 Å². The van der Waals surface area contributed by atoms with Crippen molar-refractivity contribution >= 4 is 35.1 Å². The van der Waals surface area contributed by atoms with Crippen LogP contribution in [-0.4, -0.2) is 53.3 Å². The highest BCUT2D eigenvalue weighted by Gasteiger charge is 2.65. The molecule has 182 valence electrons. The average molecular weight is 481 g/mol. The van der Waals surface area contributed by atoms with Crippen molar-refractivity contribution in [2.24, 2.45) is 17.6 Å². The highest BCUT2D eigenvalue weighted by atomic mass is 16.6. The van der Waals surface area contributed by atoms with Gasteiger partial charge < -0.3 is 20.7 Å². The maximum absolute atomic E-state index is 13.7. The molecule has 5 amide bonds. The van der Waals surface area contributed by atoms with Gasteiger partial charge in [-0.3, -0.25) is 24.5 Å². The molecule has 4 unspecified atom stereocenters. The van der Waals surface area contributed by atoms with Crippen molar-refractivity contribution in [1.29, 1.82) is 0 Å². The van der Waals surface area contributed by atoms with Gasteiger partial charge in [-0.1, -0.05) is 18.2 Å². The van der Waals surface area contributed by atoms with Crippen molar-refractivity contribution < 1.29 is 28.8 Å². The molecule has 0 radical (unpaired) electrons. The number of nitrogens with zero attached hydrogens (tertiary/aromatic N) is 3. The van der Waals surface area contributed by atoms with E-state index in [0.29, 0.717) is 11.3 Å². The number of hydrogen-bond donors (Lipinski definition) is 2. The summed E-state index contributed by atoms with van der Waals surface area (Å²) in [6, 6.07) is 8.62. The van der Waals surface area contributed by atoms with Crippen LogP contribution < -0.4 is 20.7 Å². The Morgan fingerprint density at radius 3 is 2.34 bits per heavy atom. The molecule has 4 rings (SSSR count). The Balaban J connectivity index is 1.85. The molecule has 0 saturated carbocycles. The van der Waals surface area contributed by atoms with E-state index in [0.717, 1.165) is 15.9 Å². The van der Waals surface area contributed by atoms with Crippen LogP contribution in [0.5, 0.6) is 5.75 Å². The summed E-state index contributed by atoms with van der Waals surface area (Å²) in [5.41, 5.74) is 5.87. The van der Waals surface area contributed by atoms with Crippen LogP contribution in [0.1, 0.15) is 18.5 Å². The van der Waals surface area contributed by atoms with Crippen LogP contribution >= 0.6 is 0 Å². The van der Waals surface area contributed by atoms with Gasteiger partial charge in [0.2, 0.25) is 17.7 Å². The minimum Gasteiger partial charge on any atom is -0.497 e. The van der Waals surface area contributed by atoms with Gasteiger partial charge in [0.25, 0.3) is 5.69 Å². The number of imide groups is 1. The maximum atomic E-state index is 13.7. The first kappa shape index (κ1) is 23.7. The number of ether oxygens (including phenoxy) is 1. The van der Waals surface area contributed by atoms with Gasteiger partial charge in [-0.15, -0.1) is 0 Å². The van der Waals surface area contributed by atoms with Gasteiger partial charge in [0.15, 0.2) is 0 Å². The van der Waals surface area contributed by atoms with Crippen molar-refractivity contribution in [3.8, 4) is 5.75 Å². The van der Waals surface area contributed by atoms with Crippen LogP contribution in [0.4, 0.5) is 16.2 Å². The monoisotopic (exact) mass is 481 g/mol. The fourth-order valence-corrected chi connectivity index (χ4v) is 4.87. The van der Waals surface area contributed by atoms with E-state index >= 15 is 0 Å². The van der Waals surface area contributed by atoms with Crippen LogP contribution in [0.15, 0.2) is 48.5 Å². The molecule has 2 aromatic carbocycles. The van der Waals surface area contributed by atoms with E-state index in [9.17, 15) is 29.3 Å². The van der Waals surface area contributed by atoms with E-state index in [-0.39, 0.29) is 17.9 Å². The lowest BCUT2D eigenvalue weighted by molar-refractivity contribution is -0.384. The van der Waals surface area contributed by atoms with E-state index < -0.39 is 52.6 Å². The molecular formula is C23H23N5O7. The zero-order chi connectivity index (χ0) is 25.4. The molecule has 2 saturated heterocycles.